The van der Waals surface area contributed by atoms with Crippen LogP contribution in [0.5, 0.6) is 0 Å². The van der Waals surface area contributed by atoms with E-state index < -0.39 is 6.10 Å². The van der Waals surface area contributed by atoms with Gasteiger partial charge < -0.3 is 19.9 Å². The van der Waals surface area contributed by atoms with Gasteiger partial charge in [-0.3, -0.25) is 0 Å². The number of hydrogen-bond acceptors (Lipinski definition) is 3. The number of aliphatic hydroxyl groups excluding tert-OH is 1. The van der Waals surface area contributed by atoms with Gasteiger partial charge in [0.1, 0.15) is 11.6 Å². The maximum atomic E-state index is 14.3. The minimum absolute atomic E-state index is 0.233. The van der Waals surface area contributed by atoms with E-state index in [4.69, 9.17) is 0 Å². The molecule has 1 aromatic carbocycles. The number of aryl methyl sites for hydroxylation is 1. The van der Waals surface area contributed by atoms with Crippen molar-refractivity contribution in [3.63, 3.8) is 0 Å². The number of rotatable bonds is 3. The van der Waals surface area contributed by atoms with E-state index in [1.54, 1.807) is 40.9 Å². The zero-order valence-corrected chi connectivity index (χ0v) is 13.6. The summed E-state index contributed by atoms with van der Waals surface area (Å²) in [5.41, 5.74) is 1.11. The number of nitrogens with zero attached hydrogens (tertiary/aromatic N) is 3. The SMILES string of the molecule is Cc1nccn1-c1ccc(CNC(=O)N2CCCC(O)C2)cc1F. The Morgan fingerprint density at radius 1 is 1.50 bits per heavy atom. The molecule has 1 unspecified atom stereocenters. The number of imidazole rings is 1. The van der Waals surface area contributed by atoms with E-state index in [1.807, 2.05) is 0 Å². The van der Waals surface area contributed by atoms with Crippen LogP contribution in [-0.4, -0.2) is 44.8 Å². The smallest absolute Gasteiger partial charge is 0.317 e. The Balaban J connectivity index is 1.63. The number of hydrogen-bond donors (Lipinski definition) is 2. The molecule has 1 fully saturated rings. The van der Waals surface area contributed by atoms with E-state index in [0.717, 1.165) is 12.8 Å². The summed E-state index contributed by atoms with van der Waals surface area (Å²) in [5.74, 6) is 0.342. The third kappa shape index (κ3) is 3.56. The van der Waals surface area contributed by atoms with Crippen LogP contribution in [-0.2, 0) is 6.54 Å². The third-order valence-corrected chi connectivity index (χ3v) is 4.22. The lowest BCUT2D eigenvalue weighted by molar-refractivity contribution is 0.0842. The van der Waals surface area contributed by atoms with Crippen LogP contribution in [0.4, 0.5) is 9.18 Å². The lowest BCUT2D eigenvalue weighted by atomic mass is 10.1. The number of halogens is 1. The summed E-state index contributed by atoms with van der Waals surface area (Å²) in [6.45, 7) is 3.03. The number of amides is 2. The number of aliphatic hydroxyl groups is 1. The van der Waals surface area contributed by atoms with Crippen molar-refractivity contribution in [2.24, 2.45) is 0 Å². The quantitative estimate of drug-likeness (QED) is 0.903. The molecule has 1 aromatic heterocycles. The van der Waals surface area contributed by atoms with Gasteiger partial charge in [0.05, 0.1) is 11.8 Å². The second kappa shape index (κ2) is 7.00. The van der Waals surface area contributed by atoms with Gasteiger partial charge in [-0.05, 0) is 37.5 Å². The Morgan fingerprint density at radius 2 is 2.33 bits per heavy atom. The molecule has 2 N–H and O–H groups in total. The number of benzene rings is 1. The van der Waals surface area contributed by atoms with Crippen LogP contribution >= 0.6 is 0 Å². The van der Waals surface area contributed by atoms with Gasteiger partial charge in [-0.25, -0.2) is 14.2 Å². The summed E-state index contributed by atoms with van der Waals surface area (Å²) < 4.78 is 16.0. The maximum absolute atomic E-state index is 14.3. The summed E-state index contributed by atoms with van der Waals surface area (Å²) in [7, 11) is 0. The van der Waals surface area contributed by atoms with Gasteiger partial charge in [0.25, 0.3) is 0 Å². The molecule has 0 saturated carbocycles. The van der Waals surface area contributed by atoms with Crippen molar-refractivity contribution >= 4 is 6.03 Å². The van der Waals surface area contributed by atoms with Crippen LogP contribution in [0.2, 0.25) is 0 Å². The number of aromatic nitrogens is 2. The van der Waals surface area contributed by atoms with Gasteiger partial charge in [-0.1, -0.05) is 6.07 Å². The van der Waals surface area contributed by atoms with Crippen LogP contribution in [0.25, 0.3) is 5.69 Å². The average Bonchev–Trinajstić information content (AvgIpc) is 2.98. The first-order valence-electron chi connectivity index (χ1n) is 8.04. The zero-order valence-electron chi connectivity index (χ0n) is 13.6. The van der Waals surface area contributed by atoms with E-state index >= 15 is 0 Å². The molecule has 2 heterocycles. The normalized spacial score (nSPS) is 17.8. The lowest BCUT2D eigenvalue weighted by Gasteiger charge is -2.30. The zero-order chi connectivity index (χ0) is 17.1. The van der Waals surface area contributed by atoms with Crippen molar-refractivity contribution in [3.05, 3.63) is 47.8 Å². The molecule has 7 heteroatoms. The van der Waals surface area contributed by atoms with Gasteiger partial charge in [0.15, 0.2) is 0 Å². The maximum Gasteiger partial charge on any atom is 0.317 e. The van der Waals surface area contributed by atoms with Crippen molar-refractivity contribution in [2.45, 2.75) is 32.4 Å². The number of carbonyl (C=O) groups excluding carboxylic acids is 1. The molecule has 0 spiro atoms. The summed E-state index contributed by atoms with van der Waals surface area (Å²) >= 11 is 0. The summed E-state index contributed by atoms with van der Waals surface area (Å²) in [4.78, 5) is 17.8. The van der Waals surface area contributed by atoms with Crippen LogP contribution in [0, 0.1) is 12.7 Å². The molecule has 24 heavy (non-hydrogen) atoms. The molecule has 1 aliphatic rings. The predicted molar refractivity (Wildman–Crippen MR) is 87.3 cm³/mol. The number of likely N-dealkylation sites (tertiary alicyclic amines) is 1. The molecule has 1 saturated heterocycles. The third-order valence-electron chi connectivity index (χ3n) is 4.22. The topological polar surface area (TPSA) is 70.4 Å². The molecule has 2 aromatic rings. The van der Waals surface area contributed by atoms with Gasteiger partial charge in [0.2, 0.25) is 0 Å². The van der Waals surface area contributed by atoms with Gasteiger partial charge in [-0.15, -0.1) is 0 Å². The molecular formula is C17H21FN4O2. The highest BCUT2D eigenvalue weighted by Gasteiger charge is 2.21. The minimum Gasteiger partial charge on any atom is -0.391 e. The van der Waals surface area contributed by atoms with Crippen molar-refractivity contribution in [3.8, 4) is 5.69 Å². The molecule has 0 radical (unpaired) electrons. The minimum atomic E-state index is -0.459. The molecule has 1 atom stereocenters. The van der Waals surface area contributed by atoms with E-state index in [9.17, 15) is 14.3 Å². The Labute approximate surface area is 139 Å². The van der Waals surface area contributed by atoms with Crippen LogP contribution in [0.15, 0.2) is 30.6 Å². The Morgan fingerprint density at radius 3 is 3.00 bits per heavy atom. The summed E-state index contributed by atoms with van der Waals surface area (Å²) in [6.07, 6.45) is 4.39. The van der Waals surface area contributed by atoms with Crippen molar-refractivity contribution < 1.29 is 14.3 Å². The number of β-amino-alcohol motifs (C(OH)–C–C–N with tert-alkyl or cyclic N) is 1. The number of urea groups is 1. The van der Waals surface area contributed by atoms with Gasteiger partial charge >= 0.3 is 6.03 Å². The van der Waals surface area contributed by atoms with Gasteiger partial charge in [-0.2, -0.15) is 0 Å². The Bertz CT molecular complexity index is 731. The average molecular weight is 332 g/mol. The molecular weight excluding hydrogens is 311 g/mol. The van der Waals surface area contributed by atoms with Crippen molar-refractivity contribution in [1.29, 1.82) is 0 Å². The highest BCUT2D eigenvalue weighted by Crippen LogP contribution is 2.17. The van der Waals surface area contributed by atoms with Crippen LogP contribution in [0.3, 0.4) is 0 Å². The summed E-state index contributed by atoms with van der Waals surface area (Å²) in [6, 6.07) is 4.64. The van der Waals surface area contributed by atoms with Crippen LogP contribution in [0.1, 0.15) is 24.2 Å². The largest absolute Gasteiger partial charge is 0.391 e. The molecule has 128 valence electrons. The van der Waals surface area contributed by atoms with Gasteiger partial charge in [0, 0.05) is 32.0 Å². The first-order chi connectivity index (χ1) is 11.5. The second-order valence-corrected chi connectivity index (χ2v) is 6.03. The number of piperidine rings is 1. The van der Waals surface area contributed by atoms with E-state index in [0.29, 0.717) is 30.2 Å². The molecule has 1 aliphatic heterocycles. The molecule has 0 aliphatic carbocycles. The molecule has 6 nitrogen and oxygen atoms in total. The van der Waals surface area contributed by atoms with E-state index in [2.05, 4.69) is 10.3 Å². The Kier molecular flexibility index (Phi) is 4.80. The fraction of sp³-hybridized carbons (Fsp3) is 0.412. The monoisotopic (exact) mass is 332 g/mol. The fourth-order valence-corrected chi connectivity index (χ4v) is 2.92. The molecule has 0 bridgehead atoms. The standard InChI is InChI=1S/C17H21FN4O2/c1-12-19-6-8-22(12)16-5-4-13(9-15(16)18)10-20-17(24)21-7-2-3-14(23)11-21/h4-6,8-9,14,23H,2-3,7,10-11H2,1H3,(H,20,24). The summed E-state index contributed by atoms with van der Waals surface area (Å²) in [5, 5.41) is 12.4. The predicted octanol–water partition coefficient (Wildman–Crippen LogP) is 1.99. The fourth-order valence-electron chi connectivity index (χ4n) is 2.92. The Hall–Kier alpha value is -2.41. The van der Waals surface area contributed by atoms with Crippen LogP contribution < -0.4 is 5.32 Å². The van der Waals surface area contributed by atoms with Crippen molar-refractivity contribution in [2.75, 3.05) is 13.1 Å². The second-order valence-electron chi connectivity index (χ2n) is 6.03. The first-order valence-corrected chi connectivity index (χ1v) is 8.04. The highest BCUT2D eigenvalue weighted by molar-refractivity contribution is 5.74. The first kappa shape index (κ1) is 16.4. The van der Waals surface area contributed by atoms with E-state index in [1.165, 1.54) is 6.07 Å². The number of carbonyl (C=O) groups is 1. The molecule has 2 amide bonds. The molecule has 3 rings (SSSR count). The van der Waals surface area contributed by atoms with Crippen molar-refractivity contribution in [1.82, 2.24) is 19.8 Å². The lowest BCUT2D eigenvalue weighted by Crippen LogP contribution is -2.46. The number of nitrogens with one attached hydrogen (secondary N) is 1. The van der Waals surface area contributed by atoms with E-state index in [-0.39, 0.29) is 18.4 Å². The highest BCUT2D eigenvalue weighted by atomic mass is 19.1.